The van der Waals surface area contributed by atoms with Gasteiger partial charge in [0.25, 0.3) is 0 Å². The molecular weight excluding hydrogens is 198 g/mol. The zero-order valence-corrected chi connectivity index (χ0v) is 8.23. The molecule has 0 atom stereocenters. The first-order valence-electron chi connectivity index (χ1n) is 4.48. The summed E-state index contributed by atoms with van der Waals surface area (Å²) in [4.78, 5) is 15.4. The smallest absolute Gasteiger partial charge is 0.350 e. The molecule has 0 radical (unpaired) electrons. The molecule has 0 saturated carbocycles. The van der Waals surface area contributed by atoms with Crippen molar-refractivity contribution in [1.82, 2.24) is 19.6 Å². The van der Waals surface area contributed by atoms with E-state index in [1.807, 2.05) is 0 Å². The summed E-state index contributed by atoms with van der Waals surface area (Å²) in [6, 6.07) is 1.65. The van der Waals surface area contributed by atoms with Crippen LogP contribution in [0, 0.1) is 0 Å². The number of anilines is 1. The van der Waals surface area contributed by atoms with E-state index in [1.165, 1.54) is 4.40 Å². The van der Waals surface area contributed by atoms with Gasteiger partial charge in [0.15, 0.2) is 5.65 Å². The molecule has 0 aliphatic rings. The lowest BCUT2D eigenvalue weighted by atomic mass is 10.6. The van der Waals surface area contributed by atoms with Gasteiger partial charge in [0.1, 0.15) is 0 Å². The van der Waals surface area contributed by atoms with Gasteiger partial charge in [0.05, 0.1) is 6.61 Å². The Hall–Kier alpha value is -1.89. The maximum absolute atomic E-state index is 11.4. The molecule has 0 spiro atoms. The molecule has 80 valence electrons. The SMILES string of the molecule is COCCNc1nccc2n[nH]c(=O)n12. The molecule has 2 aromatic rings. The molecular formula is C8H11N5O2. The maximum Gasteiger partial charge on any atom is 0.350 e. The zero-order valence-electron chi connectivity index (χ0n) is 8.23. The largest absolute Gasteiger partial charge is 0.383 e. The van der Waals surface area contributed by atoms with Crippen molar-refractivity contribution in [1.29, 1.82) is 0 Å². The first-order chi connectivity index (χ1) is 7.33. The third-order valence-electron chi connectivity index (χ3n) is 1.92. The molecule has 0 aliphatic carbocycles. The summed E-state index contributed by atoms with van der Waals surface area (Å²) in [6.07, 6.45) is 1.59. The van der Waals surface area contributed by atoms with Crippen LogP contribution in [0.1, 0.15) is 0 Å². The number of H-pyrrole nitrogens is 1. The predicted molar refractivity (Wildman–Crippen MR) is 54.0 cm³/mol. The number of hydrogen-bond acceptors (Lipinski definition) is 5. The molecule has 15 heavy (non-hydrogen) atoms. The van der Waals surface area contributed by atoms with Crippen molar-refractivity contribution < 1.29 is 4.74 Å². The molecule has 0 bridgehead atoms. The normalized spacial score (nSPS) is 10.7. The van der Waals surface area contributed by atoms with Crippen LogP contribution in [-0.4, -0.2) is 39.8 Å². The quantitative estimate of drug-likeness (QED) is 0.662. The summed E-state index contributed by atoms with van der Waals surface area (Å²) in [5.41, 5.74) is 0.230. The summed E-state index contributed by atoms with van der Waals surface area (Å²) in [7, 11) is 1.61. The summed E-state index contributed by atoms with van der Waals surface area (Å²) in [5.74, 6) is 0.461. The van der Waals surface area contributed by atoms with Crippen LogP contribution in [0.4, 0.5) is 5.95 Å². The van der Waals surface area contributed by atoms with Crippen molar-refractivity contribution in [2.45, 2.75) is 0 Å². The van der Waals surface area contributed by atoms with E-state index in [1.54, 1.807) is 19.4 Å². The van der Waals surface area contributed by atoms with Crippen LogP contribution in [0.25, 0.3) is 5.65 Å². The number of aromatic nitrogens is 4. The lowest BCUT2D eigenvalue weighted by molar-refractivity contribution is 0.210. The van der Waals surface area contributed by atoms with Gasteiger partial charge in [-0.3, -0.25) is 0 Å². The maximum atomic E-state index is 11.4. The first kappa shape index (κ1) is 9.66. The number of aromatic amines is 1. The fourth-order valence-electron chi connectivity index (χ4n) is 1.25. The van der Waals surface area contributed by atoms with Gasteiger partial charge in [-0.2, -0.15) is 5.10 Å². The number of nitrogens with one attached hydrogen (secondary N) is 2. The highest BCUT2D eigenvalue weighted by molar-refractivity contribution is 5.43. The Bertz CT molecular complexity index is 503. The van der Waals surface area contributed by atoms with Gasteiger partial charge in [0, 0.05) is 25.9 Å². The third kappa shape index (κ3) is 1.82. The molecule has 0 unspecified atom stereocenters. The standard InChI is InChI=1S/C8H11N5O2/c1-15-5-4-10-7-9-3-2-6-11-12-8(14)13(6)7/h2-3H,4-5H2,1H3,(H,9,10)(H,12,14). The lowest BCUT2D eigenvalue weighted by Crippen LogP contribution is -2.18. The van der Waals surface area contributed by atoms with E-state index in [4.69, 9.17) is 4.74 Å². The highest BCUT2D eigenvalue weighted by atomic mass is 16.5. The van der Waals surface area contributed by atoms with Crippen LogP contribution >= 0.6 is 0 Å². The number of rotatable bonds is 4. The van der Waals surface area contributed by atoms with Crippen LogP contribution in [0.3, 0.4) is 0 Å². The van der Waals surface area contributed by atoms with Gasteiger partial charge < -0.3 is 10.1 Å². The van der Waals surface area contributed by atoms with Crippen molar-refractivity contribution in [2.75, 3.05) is 25.6 Å². The first-order valence-corrected chi connectivity index (χ1v) is 4.48. The minimum atomic E-state index is -0.307. The van der Waals surface area contributed by atoms with E-state index in [0.29, 0.717) is 24.7 Å². The van der Waals surface area contributed by atoms with Crippen LogP contribution in [0.15, 0.2) is 17.1 Å². The van der Waals surface area contributed by atoms with Crippen molar-refractivity contribution in [3.63, 3.8) is 0 Å². The molecule has 0 aromatic carbocycles. The lowest BCUT2D eigenvalue weighted by Gasteiger charge is -2.05. The van der Waals surface area contributed by atoms with Crippen molar-refractivity contribution in [3.05, 3.63) is 22.7 Å². The average molecular weight is 209 g/mol. The minimum Gasteiger partial charge on any atom is -0.383 e. The molecule has 7 nitrogen and oxygen atoms in total. The zero-order chi connectivity index (χ0) is 10.7. The summed E-state index contributed by atoms with van der Waals surface area (Å²) >= 11 is 0. The van der Waals surface area contributed by atoms with E-state index < -0.39 is 0 Å². The summed E-state index contributed by atoms with van der Waals surface area (Å²) < 4.78 is 6.26. The summed E-state index contributed by atoms with van der Waals surface area (Å²) in [5, 5.41) is 9.16. The average Bonchev–Trinajstić information content (AvgIpc) is 2.62. The Labute approximate surface area is 85.1 Å². The van der Waals surface area contributed by atoms with E-state index in [0.717, 1.165) is 0 Å². The Morgan fingerprint density at radius 1 is 1.67 bits per heavy atom. The van der Waals surface area contributed by atoms with Crippen LogP contribution < -0.4 is 11.0 Å². The van der Waals surface area contributed by atoms with Crippen molar-refractivity contribution in [3.8, 4) is 0 Å². The van der Waals surface area contributed by atoms with Crippen molar-refractivity contribution >= 4 is 11.6 Å². The van der Waals surface area contributed by atoms with E-state index in [9.17, 15) is 4.79 Å². The Morgan fingerprint density at radius 2 is 2.53 bits per heavy atom. The minimum absolute atomic E-state index is 0.307. The van der Waals surface area contributed by atoms with E-state index in [-0.39, 0.29) is 5.69 Å². The van der Waals surface area contributed by atoms with E-state index in [2.05, 4.69) is 20.5 Å². The molecule has 2 heterocycles. The predicted octanol–water partition coefficient (Wildman–Crippen LogP) is -0.524. The van der Waals surface area contributed by atoms with Crippen LogP contribution in [-0.2, 0) is 4.74 Å². The monoisotopic (exact) mass is 209 g/mol. The van der Waals surface area contributed by atoms with Gasteiger partial charge >= 0.3 is 5.69 Å². The van der Waals surface area contributed by atoms with Gasteiger partial charge in [-0.05, 0) is 0 Å². The van der Waals surface area contributed by atoms with Gasteiger partial charge in [-0.15, -0.1) is 0 Å². The van der Waals surface area contributed by atoms with Crippen molar-refractivity contribution in [2.24, 2.45) is 0 Å². The Kier molecular flexibility index (Phi) is 2.64. The van der Waals surface area contributed by atoms with E-state index >= 15 is 0 Å². The third-order valence-corrected chi connectivity index (χ3v) is 1.92. The van der Waals surface area contributed by atoms with Gasteiger partial charge in [-0.1, -0.05) is 0 Å². The Balaban J connectivity index is 2.33. The number of hydrogen-bond donors (Lipinski definition) is 2. The molecule has 0 fully saturated rings. The molecule has 0 amide bonds. The van der Waals surface area contributed by atoms with Gasteiger partial charge in [0.2, 0.25) is 5.95 Å². The second kappa shape index (κ2) is 4.09. The molecule has 0 aliphatic heterocycles. The van der Waals surface area contributed by atoms with Crippen LogP contribution in [0.5, 0.6) is 0 Å². The highest BCUT2D eigenvalue weighted by Crippen LogP contribution is 2.02. The fraction of sp³-hybridized carbons (Fsp3) is 0.375. The summed E-state index contributed by atoms with van der Waals surface area (Å²) in [6.45, 7) is 1.13. The second-order valence-electron chi connectivity index (χ2n) is 2.91. The highest BCUT2D eigenvalue weighted by Gasteiger charge is 2.04. The number of methoxy groups -OCH3 is 1. The van der Waals surface area contributed by atoms with Crippen LogP contribution in [0.2, 0.25) is 0 Å². The van der Waals surface area contributed by atoms with Gasteiger partial charge in [-0.25, -0.2) is 19.3 Å². The molecule has 2 N–H and O–H groups in total. The number of nitrogens with zero attached hydrogens (tertiary/aromatic N) is 3. The number of ether oxygens (including phenoxy) is 1. The second-order valence-corrected chi connectivity index (χ2v) is 2.91. The number of fused-ring (bicyclic) bond motifs is 1. The molecule has 7 heteroatoms. The molecule has 0 saturated heterocycles. The molecule has 2 rings (SSSR count). The molecule has 2 aromatic heterocycles. The topological polar surface area (TPSA) is 84.3 Å². The fourth-order valence-corrected chi connectivity index (χ4v) is 1.25. The Morgan fingerprint density at radius 3 is 3.33 bits per heavy atom.